The Morgan fingerprint density at radius 3 is 2.95 bits per heavy atom. The van der Waals surface area contributed by atoms with Gasteiger partial charge in [0.05, 0.1) is 12.5 Å². The predicted molar refractivity (Wildman–Crippen MR) is 78.0 cm³/mol. The third-order valence-electron chi connectivity index (χ3n) is 3.91. The molecule has 6 heteroatoms. The summed E-state index contributed by atoms with van der Waals surface area (Å²) in [4.78, 5) is 8.95. The van der Waals surface area contributed by atoms with Gasteiger partial charge in [0.2, 0.25) is 11.7 Å². The lowest BCUT2D eigenvalue weighted by Crippen LogP contribution is -2.39. The van der Waals surface area contributed by atoms with Gasteiger partial charge < -0.3 is 14.6 Å². The van der Waals surface area contributed by atoms with Crippen LogP contribution in [0.3, 0.4) is 0 Å². The van der Waals surface area contributed by atoms with Gasteiger partial charge in [-0.2, -0.15) is 4.98 Å². The molecule has 0 radical (unpaired) electrons. The third-order valence-corrected chi connectivity index (χ3v) is 3.91. The Bertz CT molecular complexity index is 626. The Kier molecular flexibility index (Phi) is 3.98. The van der Waals surface area contributed by atoms with Crippen LogP contribution in [0.1, 0.15) is 29.4 Å². The molecule has 0 saturated carbocycles. The molecule has 1 fully saturated rings. The number of aryl methyl sites for hydroxylation is 2. The summed E-state index contributed by atoms with van der Waals surface area (Å²) < 4.78 is 11.0. The second-order valence-electron chi connectivity index (χ2n) is 5.50. The average molecular weight is 288 g/mol. The second-order valence-corrected chi connectivity index (χ2v) is 5.50. The smallest absolute Gasteiger partial charge is 0.234 e. The SMILES string of the molecule is CNC1CCOCC1c1nc(-c2ncc(C)cc2C)no1. The molecule has 6 nitrogen and oxygen atoms in total. The van der Waals surface area contributed by atoms with E-state index in [-0.39, 0.29) is 5.92 Å². The van der Waals surface area contributed by atoms with Gasteiger partial charge in [0.15, 0.2) is 0 Å². The Labute approximate surface area is 123 Å². The lowest BCUT2D eigenvalue weighted by Gasteiger charge is -2.28. The van der Waals surface area contributed by atoms with Crippen molar-refractivity contribution < 1.29 is 9.26 Å². The number of hydrogen-bond acceptors (Lipinski definition) is 6. The van der Waals surface area contributed by atoms with Gasteiger partial charge in [0, 0.05) is 18.8 Å². The van der Waals surface area contributed by atoms with E-state index in [9.17, 15) is 0 Å². The third kappa shape index (κ3) is 2.82. The molecule has 2 atom stereocenters. The first-order chi connectivity index (χ1) is 10.2. The molecule has 0 bridgehead atoms. The monoisotopic (exact) mass is 288 g/mol. The van der Waals surface area contributed by atoms with Gasteiger partial charge in [0.25, 0.3) is 0 Å². The zero-order chi connectivity index (χ0) is 14.8. The van der Waals surface area contributed by atoms with Gasteiger partial charge in [-0.25, -0.2) is 0 Å². The first-order valence-electron chi connectivity index (χ1n) is 7.21. The Balaban J connectivity index is 1.89. The molecule has 0 amide bonds. The fourth-order valence-electron chi connectivity index (χ4n) is 2.76. The van der Waals surface area contributed by atoms with Crippen LogP contribution in [0.15, 0.2) is 16.8 Å². The zero-order valence-electron chi connectivity index (χ0n) is 12.6. The van der Waals surface area contributed by atoms with Crippen molar-refractivity contribution in [1.82, 2.24) is 20.4 Å². The molecule has 0 aromatic carbocycles. The maximum Gasteiger partial charge on any atom is 0.234 e. The van der Waals surface area contributed by atoms with Crippen LogP contribution in [0.25, 0.3) is 11.5 Å². The average Bonchev–Trinajstić information content (AvgIpc) is 2.96. The molecule has 3 heterocycles. The summed E-state index contributed by atoms with van der Waals surface area (Å²) in [5.41, 5.74) is 2.94. The van der Waals surface area contributed by atoms with Crippen molar-refractivity contribution in [3.63, 3.8) is 0 Å². The van der Waals surface area contributed by atoms with Crippen LogP contribution in [-0.2, 0) is 4.74 Å². The Morgan fingerprint density at radius 2 is 2.19 bits per heavy atom. The largest absolute Gasteiger partial charge is 0.381 e. The first kappa shape index (κ1) is 14.2. The van der Waals surface area contributed by atoms with Crippen LogP contribution in [0, 0.1) is 13.8 Å². The lowest BCUT2D eigenvalue weighted by molar-refractivity contribution is 0.0516. The summed E-state index contributed by atoms with van der Waals surface area (Å²) in [6.07, 6.45) is 2.76. The van der Waals surface area contributed by atoms with Crippen LogP contribution in [0.4, 0.5) is 0 Å². The topological polar surface area (TPSA) is 73.1 Å². The van der Waals surface area contributed by atoms with E-state index < -0.39 is 0 Å². The molecule has 1 aliphatic rings. The fourth-order valence-corrected chi connectivity index (χ4v) is 2.76. The lowest BCUT2D eigenvalue weighted by atomic mass is 9.96. The molecule has 2 unspecified atom stereocenters. The molecule has 0 spiro atoms. The highest BCUT2D eigenvalue weighted by molar-refractivity contribution is 5.54. The molecular formula is C15H20N4O2. The minimum atomic E-state index is 0.0933. The maximum absolute atomic E-state index is 5.54. The normalized spacial score (nSPS) is 22.4. The number of rotatable bonds is 3. The van der Waals surface area contributed by atoms with Crippen LogP contribution in [0.2, 0.25) is 0 Å². The minimum Gasteiger partial charge on any atom is -0.381 e. The quantitative estimate of drug-likeness (QED) is 0.929. The van der Waals surface area contributed by atoms with Crippen molar-refractivity contribution in [2.24, 2.45) is 0 Å². The van der Waals surface area contributed by atoms with Crippen LogP contribution >= 0.6 is 0 Å². The van der Waals surface area contributed by atoms with E-state index in [1.807, 2.05) is 27.1 Å². The van der Waals surface area contributed by atoms with Gasteiger partial charge in [0.1, 0.15) is 5.69 Å². The number of likely N-dealkylation sites (N-methyl/N-ethyl adjacent to an activating group) is 1. The van der Waals surface area contributed by atoms with Crippen molar-refractivity contribution in [3.8, 4) is 11.5 Å². The highest BCUT2D eigenvalue weighted by Crippen LogP contribution is 2.27. The van der Waals surface area contributed by atoms with E-state index in [1.54, 1.807) is 0 Å². The number of nitrogens with one attached hydrogen (secondary N) is 1. The molecule has 3 rings (SSSR count). The molecule has 2 aromatic rings. The molecule has 112 valence electrons. The van der Waals surface area contributed by atoms with Crippen molar-refractivity contribution >= 4 is 0 Å². The fraction of sp³-hybridized carbons (Fsp3) is 0.533. The van der Waals surface area contributed by atoms with E-state index in [0.29, 0.717) is 24.4 Å². The van der Waals surface area contributed by atoms with Crippen LogP contribution < -0.4 is 5.32 Å². The summed E-state index contributed by atoms with van der Waals surface area (Å²) in [5.74, 6) is 1.25. The zero-order valence-corrected chi connectivity index (χ0v) is 12.6. The molecule has 2 aromatic heterocycles. The molecule has 1 aliphatic heterocycles. The van der Waals surface area contributed by atoms with Crippen molar-refractivity contribution in [1.29, 1.82) is 0 Å². The second kappa shape index (κ2) is 5.91. The predicted octanol–water partition coefficient (Wildman–Crippen LogP) is 1.84. The first-order valence-corrected chi connectivity index (χ1v) is 7.21. The standard InChI is InChI=1S/C15H20N4O2/c1-9-6-10(2)13(17-7-9)14-18-15(21-19-14)11-8-20-5-4-12(11)16-3/h6-7,11-12,16H,4-5,8H2,1-3H3. The highest BCUT2D eigenvalue weighted by atomic mass is 16.5. The summed E-state index contributed by atoms with van der Waals surface area (Å²) >= 11 is 0. The molecular weight excluding hydrogens is 268 g/mol. The van der Waals surface area contributed by atoms with Crippen molar-refractivity contribution in [3.05, 3.63) is 29.3 Å². The Morgan fingerprint density at radius 1 is 1.33 bits per heavy atom. The summed E-state index contributed by atoms with van der Waals surface area (Å²) in [7, 11) is 1.95. The van der Waals surface area contributed by atoms with E-state index >= 15 is 0 Å². The number of pyridine rings is 1. The van der Waals surface area contributed by atoms with Gasteiger partial charge in [-0.15, -0.1) is 0 Å². The summed E-state index contributed by atoms with van der Waals surface area (Å²) in [5, 5.41) is 7.39. The van der Waals surface area contributed by atoms with E-state index in [0.717, 1.165) is 29.8 Å². The highest BCUT2D eigenvalue weighted by Gasteiger charge is 2.31. The van der Waals surface area contributed by atoms with E-state index in [4.69, 9.17) is 9.26 Å². The minimum absolute atomic E-state index is 0.0933. The van der Waals surface area contributed by atoms with Crippen LogP contribution in [-0.4, -0.2) is 41.4 Å². The maximum atomic E-state index is 5.54. The molecule has 1 saturated heterocycles. The number of hydrogen-bond donors (Lipinski definition) is 1. The van der Waals surface area contributed by atoms with Gasteiger partial charge in [-0.05, 0) is 38.4 Å². The number of nitrogens with zero attached hydrogens (tertiary/aromatic N) is 3. The summed E-state index contributed by atoms with van der Waals surface area (Å²) in [6, 6.07) is 2.37. The van der Waals surface area contributed by atoms with Gasteiger partial charge in [-0.1, -0.05) is 11.2 Å². The van der Waals surface area contributed by atoms with Crippen molar-refractivity contribution in [2.75, 3.05) is 20.3 Å². The van der Waals surface area contributed by atoms with Crippen molar-refractivity contribution in [2.45, 2.75) is 32.2 Å². The van der Waals surface area contributed by atoms with E-state index in [2.05, 4.69) is 26.5 Å². The number of ether oxygens (including phenoxy) is 1. The number of aromatic nitrogens is 3. The molecule has 21 heavy (non-hydrogen) atoms. The van der Waals surface area contributed by atoms with E-state index in [1.165, 1.54) is 0 Å². The van der Waals surface area contributed by atoms with Gasteiger partial charge >= 0.3 is 0 Å². The Hall–Kier alpha value is -1.79. The summed E-state index contributed by atoms with van der Waals surface area (Å²) in [6.45, 7) is 5.39. The van der Waals surface area contributed by atoms with Crippen LogP contribution in [0.5, 0.6) is 0 Å². The molecule has 1 N–H and O–H groups in total. The van der Waals surface area contributed by atoms with Gasteiger partial charge in [-0.3, -0.25) is 4.98 Å². The molecule has 0 aliphatic carbocycles.